The van der Waals surface area contributed by atoms with Crippen molar-refractivity contribution in [3.8, 4) is 0 Å². The standard InChI is InChI=1S/C10H14N2O/c1-7(6-13)4-8-2-3-9(11)5-10(8)12/h2-3,5-7H,4,11-12H2,1H3. The van der Waals surface area contributed by atoms with Gasteiger partial charge in [-0.1, -0.05) is 13.0 Å². The summed E-state index contributed by atoms with van der Waals surface area (Å²) in [5.74, 6) is 0.00549. The highest BCUT2D eigenvalue weighted by molar-refractivity contribution is 5.59. The molecule has 0 aromatic heterocycles. The van der Waals surface area contributed by atoms with E-state index in [1.807, 2.05) is 13.0 Å². The Balaban J connectivity index is 2.83. The number of nitrogen functional groups attached to an aromatic ring is 2. The molecule has 0 bridgehead atoms. The van der Waals surface area contributed by atoms with Crippen LogP contribution in [-0.2, 0) is 11.2 Å². The first-order chi connectivity index (χ1) is 6.13. The fourth-order valence-electron chi connectivity index (χ4n) is 1.19. The number of aldehydes is 1. The van der Waals surface area contributed by atoms with Gasteiger partial charge in [0.1, 0.15) is 6.29 Å². The molecule has 0 fully saturated rings. The van der Waals surface area contributed by atoms with Crippen LogP contribution in [0.25, 0.3) is 0 Å². The van der Waals surface area contributed by atoms with Gasteiger partial charge in [0, 0.05) is 17.3 Å². The summed E-state index contributed by atoms with van der Waals surface area (Å²) in [5.41, 5.74) is 13.6. The average molecular weight is 178 g/mol. The second-order valence-corrected chi connectivity index (χ2v) is 3.28. The van der Waals surface area contributed by atoms with E-state index >= 15 is 0 Å². The van der Waals surface area contributed by atoms with Crippen molar-refractivity contribution >= 4 is 17.7 Å². The van der Waals surface area contributed by atoms with Gasteiger partial charge in [0.05, 0.1) is 0 Å². The number of nitrogens with two attached hydrogens (primary N) is 2. The number of benzene rings is 1. The van der Waals surface area contributed by atoms with Gasteiger partial charge in [0.2, 0.25) is 0 Å². The van der Waals surface area contributed by atoms with Gasteiger partial charge < -0.3 is 16.3 Å². The third-order valence-corrected chi connectivity index (χ3v) is 1.94. The molecule has 1 aromatic rings. The maximum atomic E-state index is 10.4. The van der Waals surface area contributed by atoms with E-state index in [2.05, 4.69) is 0 Å². The molecule has 0 aliphatic heterocycles. The van der Waals surface area contributed by atoms with E-state index in [1.165, 1.54) is 0 Å². The minimum Gasteiger partial charge on any atom is -0.399 e. The maximum Gasteiger partial charge on any atom is 0.123 e. The first-order valence-electron chi connectivity index (χ1n) is 4.22. The SMILES string of the molecule is CC(C=O)Cc1ccc(N)cc1N. The van der Waals surface area contributed by atoms with Crippen LogP contribution < -0.4 is 11.5 Å². The minimum absolute atomic E-state index is 0.00549. The van der Waals surface area contributed by atoms with E-state index in [0.29, 0.717) is 17.8 Å². The molecule has 13 heavy (non-hydrogen) atoms. The zero-order valence-corrected chi connectivity index (χ0v) is 7.66. The number of anilines is 2. The predicted octanol–water partition coefficient (Wildman–Crippen LogP) is 1.23. The van der Waals surface area contributed by atoms with E-state index in [-0.39, 0.29) is 5.92 Å². The van der Waals surface area contributed by atoms with E-state index in [0.717, 1.165) is 11.8 Å². The number of hydrogen-bond donors (Lipinski definition) is 2. The van der Waals surface area contributed by atoms with Crippen LogP contribution in [0.1, 0.15) is 12.5 Å². The normalized spacial score (nSPS) is 12.4. The highest BCUT2D eigenvalue weighted by Crippen LogP contribution is 2.18. The van der Waals surface area contributed by atoms with Gasteiger partial charge in [-0.05, 0) is 24.1 Å². The molecule has 1 unspecified atom stereocenters. The third-order valence-electron chi connectivity index (χ3n) is 1.94. The van der Waals surface area contributed by atoms with Crippen molar-refractivity contribution in [1.29, 1.82) is 0 Å². The van der Waals surface area contributed by atoms with E-state index in [4.69, 9.17) is 11.5 Å². The number of carbonyl (C=O) groups excluding carboxylic acids is 1. The zero-order chi connectivity index (χ0) is 9.84. The van der Waals surface area contributed by atoms with Crippen LogP contribution >= 0.6 is 0 Å². The molecule has 1 atom stereocenters. The Bertz CT molecular complexity index is 310. The van der Waals surface area contributed by atoms with Gasteiger partial charge in [-0.2, -0.15) is 0 Å². The Morgan fingerprint density at radius 3 is 2.69 bits per heavy atom. The van der Waals surface area contributed by atoms with Crippen LogP contribution in [-0.4, -0.2) is 6.29 Å². The second kappa shape index (κ2) is 3.94. The predicted molar refractivity (Wildman–Crippen MR) is 54.2 cm³/mol. The van der Waals surface area contributed by atoms with Crippen molar-refractivity contribution in [2.75, 3.05) is 11.5 Å². The van der Waals surface area contributed by atoms with Crippen LogP contribution in [0.15, 0.2) is 18.2 Å². The average Bonchev–Trinajstić information content (AvgIpc) is 2.09. The zero-order valence-electron chi connectivity index (χ0n) is 7.66. The Morgan fingerprint density at radius 1 is 1.46 bits per heavy atom. The smallest absolute Gasteiger partial charge is 0.123 e. The molecule has 3 heteroatoms. The summed E-state index contributed by atoms with van der Waals surface area (Å²) in [5, 5.41) is 0. The van der Waals surface area contributed by atoms with Crippen molar-refractivity contribution in [2.24, 2.45) is 5.92 Å². The number of hydrogen-bond acceptors (Lipinski definition) is 3. The Hall–Kier alpha value is -1.51. The lowest BCUT2D eigenvalue weighted by atomic mass is 10.0. The molecule has 0 saturated carbocycles. The van der Waals surface area contributed by atoms with Crippen molar-refractivity contribution in [3.63, 3.8) is 0 Å². The molecule has 0 aliphatic rings. The van der Waals surface area contributed by atoms with Crippen LogP contribution in [0.3, 0.4) is 0 Å². The molecule has 0 spiro atoms. The fraction of sp³-hybridized carbons (Fsp3) is 0.300. The summed E-state index contributed by atoms with van der Waals surface area (Å²) in [7, 11) is 0. The summed E-state index contributed by atoms with van der Waals surface area (Å²) in [4.78, 5) is 10.4. The molecule has 0 amide bonds. The molecule has 3 nitrogen and oxygen atoms in total. The van der Waals surface area contributed by atoms with Crippen molar-refractivity contribution < 1.29 is 4.79 Å². The van der Waals surface area contributed by atoms with E-state index < -0.39 is 0 Å². The van der Waals surface area contributed by atoms with Crippen molar-refractivity contribution in [2.45, 2.75) is 13.3 Å². The summed E-state index contributed by atoms with van der Waals surface area (Å²) >= 11 is 0. The van der Waals surface area contributed by atoms with E-state index in [9.17, 15) is 4.79 Å². The largest absolute Gasteiger partial charge is 0.399 e. The number of rotatable bonds is 3. The molecule has 4 N–H and O–H groups in total. The summed E-state index contributed by atoms with van der Waals surface area (Å²) < 4.78 is 0. The van der Waals surface area contributed by atoms with Gasteiger partial charge in [0.15, 0.2) is 0 Å². The molecule has 0 aliphatic carbocycles. The Kier molecular flexibility index (Phi) is 2.90. The van der Waals surface area contributed by atoms with Gasteiger partial charge >= 0.3 is 0 Å². The molecular formula is C10H14N2O. The minimum atomic E-state index is 0.00549. The molecule has 1 aromatic carbocycles. The van der Waals surface area contributed by atoms with Crippen molar-refractivity contribution in [1.82, 2.24) is 0 Å². The van der Waals surface area contributed by atoms with Gasteiger partial charge in [-0.15, -0.1) is 0 Å². The highest BCUT2D eigenvalue weighted by atomic mass is 16.1. The fourth-order valence-corrected chi connectivity index (χ4v) is 1.19. The lowest BCUT2D eigenvalue weighted by Gasteiger charge is -2.07. The van der Waals surface area contributed by atoms with Crippen LogP contribution in [0.5, 0.6) is 0 Å². The topological polar surface area (TPSA) is 69.1 Å². The lowest BCUT2D eigenvalue weighted by molar-refractivity contribution is -0.110. The first kappa shape index (κ1) is 9.58. The second-order valence-electron chi connectivity index (χ2n) is 3.28. The Labute approximate surface area is 77.7 Å². The van der Waals surface area contributed by atoms with Gasteiger partial charge in [-0.3, -0.25) is 0 Å². The Morgan fingerprint density at radius 2 is 2.15 bits per heavy atom. The quantitative estimate of drug-likeness (QED) is 0.540. The molecule has 0 heterocycles. The molecule has 0 radical (unpaired) electrons. The van der Waals surface area contributed by atoms with Gasteiger partial charge in [0.25, 0.3) is 0 Å². The highest BCUT2D eigenvalue weighted by Gasteiger charge is 2.04. The number of carbonyl (C=O) groups is 1. The van der Waals surface area contributed by atoms with Crippen molar-refractivity contribution in [3.05, 3.63) is 23.8 Å². The molecule has 70 valence electrons. The van der Waals surface area contributed by atoms with Crippen LogP contribution in [0.4, 0.5) is 11.4 Å². The van der Waals surface area contributed by atoms with E-state index in [1.54, 1.807) is 12.1 Å². The first-order valence-corrected chi connectivity index (χ1v) is 4.22. The molecular weight excluding hydrogens is 164 g/mol. The van der Waals surface area contributed by atoms with Crippen LogP contribution in [0, 0.1) is 5.92 Å². The van der Waals surface area contributed by atoms with Gasteiger partial charge in [-0.25, -0.2) is 0 Å². The maximum absolute atomic E-state index is 10.4. The summed E-state index contributed by atoms with van der Waals surface area (Å²) in [6.07, 6.45) is 1.60. The molecule has 1 rings (SSSR count). The summed E-state index contributed by atoms with van der Waals surface area (Å²) in [6, 6.07) is 5.38. The third kappa shape index (κ3) is 2.47. The van der Waals surface area contributed by atoms with Crippen LogP contribution in [0.2, 0.25) is 0 Å². The summed E-state index contributed by atoms with van der Waals surface area (Å²) in [6.45, 7) is 1.86. The lowest BCUT2D eigenvalue weighted by Crippen LogP contribution is -2.04. The monoisotopic (exact) mass is 178 g/mol. The molecule has 0 saturated heterocycles.